The molecule has 1 unspecified atom stereocenters. The molecule has 2 aliphatic rings. The number of benzene rings is 3. The standard InChI is InChI=1S/C28H25N3O4S/c1-17-7-10-22(11-8-17)31-27(33)23(14-20-9-12-24-25(15-20)35-16-34-24)30-28(31)36-19(3)26(32)29-21-6-4-5-18(2)13-21/h4-15,19H,16H2,1-3H3,(H,29,32)/b23-14-. The van der Waals surface area contributed by atoms with Gasteiger partial charge in [0.2, 0.25) is 12.7 Å². The summed E-state index contributed by atoms with van der Waals surface area (Å²) in [5, 5.41) is 2.90. The summed E-state index contributed by atoms with van der Waals surface area (Å²) in [7, 11) is 0. The number of carbonyl (C=O) groups is 2. The Balaban J connectivity index is 1.42. The van der Waals surface area contributed by atoms with Crippen LogP contribution in [0.4, 0.5) is 11.4 Å². The molecule has 0 saturated carbocycles. The summed E-state index contributed by atoms with van der Waals surface area (Å²) in [5.74, 6) is 0.873. The molecule has 1 N–H and O–H groups in total. The summed E-state index contributed by atoms with van der Waals surface area (Å²) < 4.78 is 10.8. The SMILES string of the molecule is Cc1ccc(N2C(=O)/C(=C/c3ccc4c(c3)OCO4)N=C2SC(C)C(=O)Nc2cccc(C)c2)cc1. The predicted octanol–water partition coefficient (Wildman–Crippen LogP) is 5.54. The summed E-state index contributed by atoms with van der Waals surface area (Å²) in [6.45, 7) is 5.94. The highest BCUT2D eigenvalue weighted by Crippen LogP contribution is 2.35. The van der Waals surface area contributed by atoms with Crippen molar-refractivity contribution in [2.24, 2.45) is 4.99 Å². The minimum atomic E-state index is -0.491. The molecule has 0 fully saturated rings. The molecule has 0 spiro atoms. The van der Waals surface area contributed by atoms with Gasteiger partial charge in [-0.2, -0.15) is 0 Å². The first-order valence-corrected chi connectivity index (χ1v) is 12.4. The number of fused-ring (bicyclic) bond motifs is 1. The fourth-order valence-electron chi connectivity index (χ4n) is 3.84. The van der Waals surface area contributed by atoms with Crippen LogP contribution in [0.3, 0.4) is 0 Å². The van der Waals surface area contributed by atoms with Gasteiger partial charge in [-0.3, -0.25) is 14.5 Å². The number of amides is 2. The molecule has 3 aromatic carbocycles. The number of amidine groups is 1. The van der Waals surface area contributed by atoms with E-state index in [4.69, 9.17) is 9.47 Å². The molecule has 2 aliphatic heterocycles. The van der Waals surface area contributed by atoms with Crippen LogP contribution < -0.4 is 19.7 Å². The van der Waals surface area contributed by atoms with E-state index in [1.54, 1.807) is 17.9 Å². The van der Waals surface area contributed by atoms with Gasteiger partial charge in [-0.1, -0.05) is 47.7 Å². The lowest BCUT2D eigenvalue weighted by Crippen LogP contribution is -2.33. The summed E-state index contributed by atoms with van der Waals surface area (Å²) in [6.07, 6.45) is 1.72. The normalized spacial score (nSPS) is 16.3. The molecular weight excluding hydrogens is 474 g/mol. The number of hydrogen-bond donors (Lipinski definition) is 1. The fourth-order valence-corrected chi connectivity index (χ4v) is 4.76. The van der Waals surface area contributed by atoms with Crippen LogP contribution in [0.1, 0.15) is 23.6 Å². The number of carbonyl (C=O) groups excluding carboxylic acids is 2. The van der Waals surface area contributed by atoms with Crippen molar-refractivity contribution in [2.75, 3.05) is 17.0 Å². The van der Waals surface area contributed by atoms with Crippen molar-refractivity contribution in [1.29, 1.82) is 0 Å². The van der Waals surface area contributed by atoms with E-state index < -0.39 is 5.25 Å². The smallest absolute Gasteiger partial charge is 0.283 e. The molecule has 2 amide bonds. The van der Waals surface area contributed by atoms with Crippen LogP contribution in [-0.4, -0.2) is 29.0 Å². The maximum absolute atomic E-state index is 13.5. The van der Waals surface area contributed by atoms with Gasteiger partial charge in [0.1, 0.15) is 5.70 Å². The van der Waals surface area contributed by atoms with Gasteiger partial charge in [0.15, 0.2) is 16.7 Å². The number of hydrogen-bond acceptors (Lipinski definition) is 6. The third-order valence-electron chi connectivity index (χ3n) is 5.76. The number of rotatable bonds is 5. The number of nitrogens with zero attached hydrogens (tertiary/aromatic N) is 2. The maximum Gasteiger partial charge on any atom is 0.283 e. The summed E-state index contributed by atoms with van der Waals surface area (Å²) >= 11 is 1.24. The van der Waals surface area contributed by atoms with E-state index >= 15 is 0 Å². The first-order valence-electron chi connectivity index (χ1n) is 11.5. The Hall–Kier alpha value is -4.04. The average Bonchev–Trinajstić information content (AvgIpc) is 3.44. The minimum absolute atomic E-state index is 0.169. The Morgan fingerprint density at radius 1 is 1.03 bits per heavy atom. The Morgan fingerprint density at radius 2 is 1.81 bits per heavy atom. The van der Waals surface area contributed by atoms with Gasteiger partial charge in [0, 0.05) is 5.69 Å². The zero-order valence-electron chi connectivity index (χ0n) is 20.1. The van der Waals surface area contributed by atoms with Crippen molar-refractivity contribution < 1.29 is 19.1 Å². The van der Waals surface area contributed by atoms with Crippen molar-refractivity contribution in [3.8, 4) is 11.5 Å². The molecule has 182 valence electrons. The quantitative estimate of drug-likeness (QED) is 0.467. The van der Waals surface area contributed by atoms with E-state index in [1.165, 1.54) is 11.8 Å². The highest BCUT2D eigenvalue weighted by Gasteiger charge is 2.34. The van der Waals surface area contributed by atoms with Crippen molar-refractivity contribution in [3.63, 3.8) is 0 Å². The van der Waals surface area contributed by atoms with Gasteiger partial charge in [-0.25, -0.2) is 4.99 Å². The molecule has 0 aliphatic carbocycles. The number of aryl methyl sites for hydroxylation is 2. The van der Waals surface area contributed by atoms with Gasteiger partial charge in [-0.05, 0) is 74.4 Å². The molecular formula is C28H25N3O4S. The molecule has 3 aromatic rings. The molecule has 0 radical (unpaired) electrons. The zero-order chi connectivity index (χ0) is 25.2. The fraction of sp³-hybridized carbons (Fsp3) is 0.179. The van der Waals surface area contributed by atoms with Crippen molar-refractivity contribution in [1.82, 2.24) is 0 Å². The topological polar surface area (TPSA) is 80.2 Å². The van der Waals surface area contributed by atoms with Gasteiger partial charge in [-0.15, -0.1) is 0 Å². The molecule has 0 aromatic heterocycles. The second-order valence-electron chi connectivity index (χ2n) is 8.63. The third-order valence-corrected chi connectivity index (χ3v) is 6.81. The molecule has 36 heavy (non-hydrogen) atoms. The summed E-state index contributed by atoms with van der Waals surface area (Å²) in [6, 6.07) is 20.8. The Kier molecular flexibility index (Phi) is 6.52. The van der Waals surface area contributed by atoms with Gasteiger partial charge >= 0.3 is 0 Å². The minimum Gasteiger partial charge on any atom is -0.454 e. The van der Waals surface area contributed by atoms with Crippen LogP contribution in [0.15, 0.2) is 77.4 Å². The first kappa shape index (κ1) is 23.7. The van der Waals surface area contributed by atoms with Crippen LogP contribution >= 0.6 is 11.8 Å². The molecule has 2 heterocycles. The van der Waals surface area contributed by atoms with Crippen LogP contribution in [0.5, 0.6) is 11.5 Å². The number of nitrogens with one attached hydrogen (secondary N) is 1. The van der Waals surface area contributed by atoms with E-state index in [2.05, 4.69) is 10.3 Å². The Morgan fingerprint density at radius 3 is 2.58 bits per heavy atom. The first-order chi connectivity index (χ1) is 17.4. The highest BCUT2D eigenvalue weighted by molar-refractivity contribution is 8.15. The number of aliphatic imine (C=N–C) groups is 1. The van der Waals surface area contributed by atoms with Crippen LogP contribution in [0.2, 0.25) is 0 Å². The second-order valence-corrected chi connectivity index (χ2v) is 9.94. The van der Waals surface area contributed by atoms with Crippen molar-refractivity contribution in [2.45, 2.75) is 26.0 Å². The highest BCUT2D eigenvalue weighted by atomic mass is 32.2. The maximum atomic E-state index is 13.5. The molecule has 0 saturated heterocycles. The van der Waals surface area contributed by atoms with Crippen molar-refractivity contribution in [3.05, 3.63) is 89.1 Å². The van der Waals surface area contributed by atoms with E-state index in [0.717, 1.165) is 22.4 Å². The molecule has 5 rings (SSSR count). The Labute approximate surface area is 213 Å². The van der Waals surface area contributed by atoms with E-state index in [0.29, 0.717) is 22.4 Å². The van der Waals surface area contributed by atoms with Gasteiger partial charge < -0.3 is 14.8 Å². The molecule has 7 nitrogen and oxygen atoms in total. The zero-order valence-corrected chi connectivity index (χ0v) is 21.0. The van der Waals surface area contributed by atoms with E-state index in [9.17, 15) is 9.59 Å². The number of anilines is 2. The van der Waals surface area contributed by atoms with Crippen LogP contribution in [-0.2, 0) is 9.59 Å². The summed E-state index contributed by atoms with van der Waals surface area (Å²) in [5.41, 5.74) is 4.61. The van der Waals surface area contributed by atoms with Crippen LogP contribution in [0.25, 0.3) is 6.08 Å². The number of ether oxygens (including phenoxy) is 2. The van der Waals surface area contributed by atoms with Crippen molar-refractivity contribution >= 4 is 46.2 Å². The van der Waals surface area contributed by atoms with Crippen LogP contribution in [0, 0.1) is 13.8 Å². The largest absolute Gasteiger partial charge is 0.454 e. The monoisotopic (exact) mass is 499 g/mol. The number of thioether (sulfide) groups is 1. The van der Waals surface area contributed by atoms with E-state index in [1.807, 2.05) is 80.6 Å². The second kappa shape index (κ2) is 9.91. The average molecular weight is 500 g/mol. The predicted molar refractivity (Wildman–Crippen MR) is 144 cm³/mol. The van der Waals surface area contributed by atoms with Gasteiger partial charge in [0.25, 0.3) is 5.91 Å². The summed E-state index contributed by atoms with van der Waals surface area (Å²) in [4.78, 5) is 32.6. The van der Waals surface area contributed by atoms with E-state index in [-0.39, 0.29) is 24.3 Å². The third kappa shape index (κ3) is 4.99. The molecule has 1 atom stereocenters. The lowest BCUT2D eigenvalue weighted by atomic mass is 10.1. The van der Waals surface area contributed by atoms with Gasteiger partial charge in [0.05, 0.1) is 10.9 Å². The Bertz CT molecular complexity index is 1400. The lowest BCUT2D eigenvalue weighted by molar-refractivity contribution is -0.115. The molecule has 8 heteroatoms. The lowest BCUT2D eigenvalue weighted by Gasteiger charge is -2.20. The molecule has 0 bridgehead atoms.